The lowest BCUT2D eigenvalue weighted by molar-refractivity contribution is 0.0297. The molecule has 134 valence electrons. The molecule has 0 aliphatic carbocycles. The van der Waals surface area contributed by atoms with Gasteiger partial charge in [0.2, 0.25) is 0 Å². The molecule has 4 nitrogen and oxygen atoms in total. The van der Waals surface area contributed by atoms with Crippen molar-refractivity contribution in [2.24, 2.45) is 5.92 Å². The Kier molecular flexibility index (Phi) is 7.09. The Morgan fingerprint density at radius 1 is 1.04 bits per heavy atom. The van der Waals surface area contributed by atoms with Crippen molar-refractivity contribution >= 4 is 0 Å². The highest BCUT2D eigenvalue weighted by Crippen LogP contribution is 2.19. The number of hydrogen-bond donors (Lipinski definition) is 1. The first-order chi connectivity index (χ1) is 11.8. The quantitative estimate of drug-likeness (QED) is 0.831. The van der Waals surface area contributed by atoms with E-state index in [1.807, 2.05) is 0 Å². The Balaban J connectivity index is 1.59. The normalized spacial score (nSPS) is 23.0. The summed E-state index contributed by atoms with van der Waals surface area (Å²) in [5.41, 5.74) is 1.42. The molecular formula is C20H32N2O2. The van der Waals surface area contributed by atoms with Crippen LogP contribution < -0.4 is 5.32 Å². The molecule has 1 N–H and O–H groups in total. The Hall–Kier alpha value is -0.940. The summed E-state index contributed by atoms with van der Waals surface area (Å²) in [5.74, 6) is 0.738. The average molecular weight is 332 g/mol. The van der Waals surface area contributed by atoms with Crippen LogP contribution in [0.2, 0.25) is 0 Å². The third kappa shape index (κ3) is 5.55. The van der Waals surface area contributed by atoms with E-state index < -0.39 is 0 Å². The van der Waals surface area contributed by atoms with Gasteiger partial charge in [-0.05, 0) is 37.7 Å². The van der Waals surface area contributed by atoms with E-state index in [4.69, 9.17) is 9.47 Å². The van der Waals surface area contributed by atoms with E-state index in [1.54, 1.807) is 0 Å². The monoisotopic (exact) mass is 332 g/mol. The number of rotatable bonds is 7. The molecule has 2 aliphatic rings. The molecule has 2 saturated heterocycles. The molecule has 2 fully saturated rings. The van der Waals surface area contributed by atoms with E-state index in [0.29, 0.717) is 12.1 Å². The fourth-order valence-corrected chi connectivity index (χ4v) is 3.89. The Labute approximate surface area is 146 Å². The molecule has 0 unspecified atom stereocenters. The average Bonchev–Trinajstić information content (AvgIpc) is 2.64. The summed E-state index contributed by atoms with van der Waals surface area (Å²) < 4.78 is 11.0. The lowest BCUT2D eigenvalue weighted by atomic mass is 9.91. The van der Waals surface area contributed by atoms with E-state index in [-0.39, 0.29) is 0 Å². The number of hydrogen-bond acceptors (Lipinski definition) is 4. The zero-order chi connectivity index (χ0) is 16.6. The number of nitrogens with one attached hydrogen (secondary N) is 1. The molecule has 0 aromatic heterocycles. The number of benzene rings is 1. The maximum atomic E-state index is 5.52. The van der Waals surface area contributed by atoms with E-state index in [9.17, 15) is 0 Å². The summed E-state index contributed by atoms with van der Waals surface area (Å²) in [6.45, 7) is 9.14. The van der Waals surface area contributed by atoms with Gasteiger partial charge in [-0.25, -0.2) is 0 Å². The lowest BCUT2D eigenvalue weighted by Gasteiger charge is -2.35. The van der Waals surface area contributed by atoms with Gasteiger partial charge in [-0.3, -0.25) is 4.90 Å². The Morgan fingerprint density at radius 2 is 1.71 bits per heavy atom. The Bertz CT molecular complexity index is 456. The van der Waals surface area contributed by atoms with Crippen LogP contribution in [0.25, 0.3) is 0 Å². The van der Waals surface area contributed by atoms with Gasteiger partial charge in [0.1, 0.15) is 0 Å². The number of nitrogens with zero attached hydrogens (tertiary/aromatic N) is 1. The van der Waals surface area contributed by atoms with Crippen LogP contribution in [-0.4, -0.2) is 63.0 Å². The van der Waals surface area contributed by atoms with Crippen LogP contribution >= 0.6 is 0 Å². The van der Waals surface area contributed by atoms with Crippen LogP contribution in [0.5, 0.6) is 0 Å². The van der Waals surface area contributed by atoms with Gasteiger partial charge in [0.05, 0.1) is 13.2 Å². The molecule has 3 rings (SSSR count). The molecule has 4 heteroatoms. The summed E-state index contributed by atoms with van der Waals surface area (Å²) in [7, 11) is 0. The zero-order valence-electron chi connectivity index (χ0n) is 15.0. The number of morpholine rings is 1. The van der Waals surface area contributed by atoms with Crippen LogP contribution in [0.15, 0.2) is 30.3 Å². The first-order valence-corrected chi connectivity index (χ1v) is 9.49. The molecule has 2 atom stereocenters. The van der Waals surface area contributed by atoms with Crippen LogP contribution in [0.1, 0.15) is 25.3 Å². The van der Waals surface area contributed by atoms with E-state index in [2.05, 4.69) is 47.5 Å². The molecule has 0 amide bonds. The fraction of sp³-hybridized carbons (Fsp3) is 0.700. The van der Waals surface area contributed by atoms with Crippen molar-refractivity contribution in [1.29, 1.82) is 0 Å². The topological polar surface area (TPSA) is 33.7 Å². The molecule has 0 bridgehead atoms. The van der Waals surface area contributed by atoms with Crippen LogP contribution in [0.3, 0.4) is 0 Å². The SMILES string of the molecule is C[C@@H](N[C@@H](Cc1ccccc1)CN1CCOCC1)C1CCOCC1. The minimum Gasteiger partial charge on any atom is -0.381 e. The molecule has 1 aromatic rings. The van der Waals surface area contributed by atoms with Crippen molar-refractivity contribution in [2.75, 3.05) is 46.1 Å². The standard InChI is InChI=1S/C20H32N2O2/c1-17(19-7-11-23-12-8-19)21-20(15-18-5-3-2-4-6-18)16-22-9-13-24-14-10-22/h2-6,17,19-21H,7-16H2,1H3/t17-,20+/m1/s1. The van der Waals surface area contributed by atoms with Gasteiger partial charge in [-0.15, -0.1) is 0 Å². The highest BCUT2D eigenvalue weighted by Gasteiger charge is 2.24. The van der Waals surface area contributed by atoms with Crippen molar-refractivity contribution in [3.63, 3.8) is 0 Å². The summed E-state index contributed by atoms with van der Waals surface area (Å²) in [6.07, 6.45) is 3.46. The van der Waals surface area contributed by atoms with E-state index in [0.717, 1.165) is 58.4 Å². The van der Waals surface area contributed by atoms with Gasteiger partial charge in [0, 0.05) is 44.9 Å². The first kappa shape index (κ1) is 17.9. The predicted octanol–water partition coefficient (Wildman–Crippen LogP) is 2.33. The molecule has 24 heavy (non-hydrogen) atoms. The number of ether oxygens (including phenoxy) is 2. The summed E-state index contributed by atoms with van der Waals surface area (Å²) in [6, 6.07) is 11.9. The second kappa shape index (κ2) is 9.52. The molecule has 0 saturated carbocycles. The van der Waals surface area contributed by atoms with Crippen molar-refractivity contribution < 1.29 is 9.47 Å². The van der Waals surface area contributed by atoms with Crippen LogP contribution in [0, 0.1) is 5.92 Å². The minimum absolute atomic E-state index is 0.489. The van der Waals surface area contributed by atoms with Crippen molar-refractivity contribution in [2.45, 2.75) is 38.3 Å². The maximum absolute atomic E-state index is 5.52. The second-order valence-electron chi connectivity index (χ2n) is 7.20. The second-order valence-corrected chi connectivity index (χ2v) is 7.20. The summed E-state index contributed by atoms with van der Waals surface area (Å²) in [5, 5.41) is 3.94. The summed E-state index contributed by atoms with van der Waals surface area (Å²) in [4.78, 5) is 2.54. The van der Waals surface area contributed by atoms with E-state index >= 15 is 0 Å². The van der Waals surface area contributed by atoms with Gasteiger partial charge in [0.15, 0.2) is 0 Å². The minimum atomic E-state index is 0.489. The lowest BCUT2D eigenvalue weighted by Crippen LogP contribution is -2.50. The molecule has 2 aliphatic heterocycles. The highest BCUT2D eigenvalue weighted by atomic mass is 16.5. The van der Waals surface area contributed by atoms with Crippen molar-refractivity contribution in [1.82, 2.24) is 10.2 Å². The molecule has 0 radical (unpaired) electrons. The molecule has 1 aromatic carbocycles. The first-order valence-electron chi connectivity index (χ1n) is 9.49. The summed E-state index contributed by atoms with van der Waals surface area (Å²) >= 11 is 0. The molecule has 0 spiro atoms. The zero-order valence-corrected chi connectivity index (χ0v) is 15.0. The van der Waals surface area contributed by atoms with Gasteiger partial charge in [0.25, 0.3) is 0 Å². The fourth-order valence-electron chi connectivity index (χ4n) is 3.89. The smallest absolute Gasteiger partial charge is 0.0594 e. The van der Waals surface area contributed by atoms with Crippen LogP contribution in [0.4, 0.5) is 0 Å². The van der Waals surface area contributed by atoms with Crippen molar-refractivity contribution in [3.05, 3.63) is 35.9 Å². The van der Waals surface area contributed by atoms with E-state index in [1.165, 1.54) is 18.4 Å². The van der Waals surface area contributed by atoms with Gasteiger partial charge in [-0.1, -0.05) is 30.3 Å². The Morgan fingerprint density at radius 3 is 2.42 bits per heavy atom. The highest BCUT2D eigenvalue weighted by molar-refractivity contribution is 5.16. The van der Waals surface area contributed by atoms with Gasteiger partial charge in [-0.2, -0.15) is 0 Å². The molecule has 2 heterocycles. The largest absolute Gasteiger partial charge is 0.381 e. The van der Waals surface area contributed by atoms with Crippen molar-refractivity contribution in [3.8, 4) is 0 Å². The van der Waals surface area contributed by atoms with Gasteiger partial charge < -0.3 is 14.8 Å². The predicted molar refractivity (Wildman–Crippen MR) is 97.3 cm³/mol. The third-order valence-corrected chi connectivity index (χ3v) is 5.38. The maximum Gasteiger partial charge on any atom is 0.0594 e. The van der Waals surface area contributed by atoms with Gasteiger partial charge >= 0.3 is 0 Å². The molecular weight excluding hydrogens is 300 g/mol. The van der Waals surface area contributed by atoms with Crippen LogP contribution in [-0.2, 0) is 15.9 Å². The third-order valence-electron chi connectivity index (χ3n) is 5.38.